The molecule has 1 N–H and O–H groups in total. The second kappa shape index (κ2) is 2.60. The third-order valence-corrected chi connectivity index (χ3v) is 2.83. The van der Waals surface area contributed by atoms with Crippen molar-refractivity contribution in [1.82, 2.24) is 15.0 Å². The molecule has 0 aromatic carbocycles. The summed E-state index contributed by atoms with van der Waals surface area (Å²) in [6.45, 7) is 3.95. The molecule has 0 atom stereocenters. The van der Waals surface area contributed by atoms with Crippen molar-refractivity contribution in [3.8, 4) is 0 Å². The molecule has 3 nitrogen and oxygen atoms in total. The molecule has 0 amide bonds. The molecule has 0 aliphatic rings. The first-order chi connectivity index (χ1) is 5.66. The Labute approximate surface area is 78.5 Å². The molecule has 0 aliphatic heterocycles. The van der Waals surface area contributed by atoms with Gasteiger partial charge in [0.05, 0.1) is 9.71 Å². The van der Waals surface area contributed by atoms with Crippen LogP contribution in [0.3, 0.4) is 0 Å². The van der Waals surface area contributed by atoms with Crippen molar-refractivity contribution in [2.45, 2.75) is 13.8 Å². The first kappa shape index (κ1) is 7.82. The summed E-state index contributed by atoms with van der Waals surface area (Å²) in [4.78, 5) is 11.4. The van der Waals surface area contributed by atoms with Crippen molar-refractivity contribution in [3.63, 3.8) is 0 Å². The van der Waals surface area contributed by atoms with Crippen LogP contribution in [0.2, 0.25) is 0 Å². The van der Waals surface area contributed by atoms with Crippen molar-refractivity contribution in [2.75, 3.05) is 0 Å². The summed E-state index contributed by atoms with van der Waals surface area (Å²) in [5.74, 6) is 0. The third-order valence-electron chi connectivity index (χ3n) is 1.56. The van der Waals surface area contributed by atoms with E-state index in [1.807, 2.05) is 13.8 Å². The van der Waals surface area contributed by atoms with Crippen LogP contribution >= 0.6 is 23.6 Å². The number of aryl methyl sites for hydroxylation is 2. The van der Waals surface area contributed by atoms with E-state index in [9.17, 15) is 0 Å². The maximum Gasteiger partial charge on any atom is 0.199 e. The highest BCUT2D eigenvalue weighted by atomic mass is 32.1. The van der Waals surface area contributed by atoms with E-state index in [0.29, 0.717) is 4.77 Å². The van der Waals surface area contributed by atoms with Gasteiger partial charge in [-0.2, -0.15) is 4.98 Å². The van der Waals surface area contributed by atoms with Crippen LogP contribution in [0.4, 0.5) is 0 Å². The molecule has 2 rings (SSSR count). The fraction of sp³-hybridized carbons (Fsp3) is 0.286. The van der Waals surface area contributed by atoms with Gasteiger partial charge in [-0.25, -0.2) is 4.98 Å². The van der Waals surface area contributed by atoms with Gasteiger partial charge in [0.2, 0.25) is 0 Å². The normalized spacial score (nSPS) is 10.8. The SMILES string of the molecule is Cc1nc2nc(=S)[nH]c(C)c2s1. The minimum Gasteiger partial charge on any atom is -0.333 e. The molecular formula is C7H7N3S2. The molecule has 0 saturated heterocycles. The van der Waals surface area contributed by atoms with Gasteiger partial charge in [-0.05, 0) is 26.1 Å². The molecule has 0 fully saturated rings. The summed E-state index contributed by atoms with van der Waals surface area (Å²) in [5, 5.41) is 1.02. The van der Waals surface area contributed by atoms with Crippen LogP contribution in [0.25, 0.3) is 10.3 Å². The molecule has 5 heteroatoms. The van der Waals surface area contributed by atoms with Gasteiger partial charge in [0.25, 0.3) is 0 Å². The lowest BCUT2D eigenvalue weighted by Gasteiger charge is -1.91. The van der Waals surface area contributed by atoms with Crippen LogP contribution in [0.15, 0.2) is 0 Å². The fourth-order valence-corrected chi connectivity index (χ4v) is 2.13. The number of H-pyrrole nitrogens is 1. The molecule has 0 unspecified atom stereocenters. The highest BCUT2D eigenvalue weighted by Crippen LogP contribution is 2.21. The van der Waals surface area contributed by atoms with E-state index in [4.69, 9.17) is 12.2 Å². The quantitative estimate of drug-likeness (QED) is 0.659. The molecule has 0 radical (unpaired) electrons. The Hall–Kier alpha value is -0.810. The molecule has 2 aromatic heterocycles. The number of rotatable bonds is 0. The predicted molar refractivity (Wildman–Crippen MR) is 52.1 cm³/mol. The van der Waals surface area contributed by atoms with Crippen molar-refractivity contribution in [3.05, 3.63) is 15.5 Å². The summed E-state index contributed by atoms with van der Waals surface area (Å²) in [6.07, 6.45) is 0. The van der Waals surface area contributed by atoms with Crippen LogP contribution in [0, 0.1) is 18.6 Å². The molecule has 2 aromatic rings. The lowest BCUT2D eigenvalue weighted by atomic mass is 10.4. The summed E-state index contributed by atoms with van der Waals surface area (Å²) >= 11 is 6.57. The first-order valence-corrected chi connectivity index (χ1v) is 4.73. The van der Waals surface area contributed by atoms with E-state index in [0.717, 1.165) is 21.0 Å². The molecule has 0 bridgehead atoms. The zero-order valence-electron chi connectivity index (χ0n) is 6.71. The van der Waals surface area contributed by atoms with Crippen LogP contribution in [-0.4, -0.2) is 15.0 Å². The monoisotopic (exact) mass is 197 g/mol. The van der Waals surface area contributed by atoms with Crippen LogP contribution in [0.1, 0.15) is 10.7 Å². The standard InChI is InChI=1S/C7H7N3S2/c1-3-5-6(9-4(2)12-5)10-7(11)8-3/h1-2H3,(H,8,10,11). The van der Waals surface area contributed by atoms with Gasteiger partial charge in [0.15, 0.2) is 10.4 Å². The minimum atomic E-state index is 0.505. The van der Waals surface area contributed by atoms with Gasteiger partial charge >= 0.3 is 0 Å². The van der Waals surface area contributed by atoms with Crippen LogP contribution in [0.5, 0.6) is 0 Å². The average molecular weight is 197 g/mol. The van der Waals surface area contributed by atoms with Crippen LogP contribution in [-0.2, 0) is 0 Å². The number of aromatic nitrogens is 3. The molecule has 0 saturated carbocycles. The average Bonchev–Trinajstić information content (AvgIpc) is 2.29. The van der Waals surface area contributed by atoms with E-state index in [2.05, 4.69) is 15.0 Å². The smallest absolute Gasteiger partial charge is 0.199 e. The highest BCUT2D eigenvalue weighted by Gasteiger charge is 2.03. The van der Waals surface area contributed by atoms with Gasteiger partial charge in [-0.15, -0.1) is 11.3 Å². The molecule has 2 heterocycles. The Bertz CT molecular complexity index is 483. The molecule has 0 aliphatic carbocycles. The van der Waals surface area contributed by atoms with Crippen molar-refractivity contribution < 1.29 is 0 Å². The number of nitrogens with zero attached hydrogens (tertiary/aromatic N) is 2. The number of fused-ring (bicyclic) bond motifs is 1. The van der Waals surface area contributed by atoms with Gasteiger partial charge in [0.1, 0.15) is 0 Å². The summed E-state index contributed by atoms with van der Waals surface area (Å²) in [6, 6.07) is 0. The predicted octanol–water partition coefficient (Wildman–Crippen LogP) is 2.37. The zero-order valence-corrected chi connectivity index (χ0v) is 8.34. The fourth-order valence-electron chi connectivity index (χ4n) is 1.08. The number of hydrogen-bond acceptors (Lipinski definition) is 4. The molecule has 12 heavy (non-hydrogen) atoms. The molecule has 0 spiro atoms. The number of thiazole rings is 1. The summed E-state index contributed by atoms with van der Waals surface area (Å²) < 4.78 is 1.60. The number of aromatic amines is 1. The van der Waals surface area contributed by atoms with Crippen molar-refractivity contribution >= 4 is 33.9 Å². The first-order valence-electron chi connectivity index (χ1n) is 3.51. The Morgan fingerprint density at radius 3 is 2.83 bits per heavy atom. The Balaban J connectivity index is 2.97. The van der Waals surface area contributed by atoms with E-state index >= 15 is 0 Å². The zero-order chi connectivity index (χ0) is 8.72. The second-order valence-corrected chi connectivity index (χ2v) is 4.14. The minimum absolute atomic E-state index is 0.505. The van der Waals surface area contributed by atoms with Gasteiger partial charge in [-0.1, -0.05) is 0 Å². The van der Waals surface area contributed by atoms with E-state index in [1.165, 1.54) is 0 Å². The van der Waals surface area contributed by atoms with E-state index in [-0.39, 0.29) is 0 Å². The Morgan fingerprint density at radius 1 is 1.33 bits per heavy atom. The molecular weight excluding hydrogens is 190 g/mol. The molecule has 62 valence electrons. The lowest BCUT2D eigenvalue weighted by molar-refractivity contribution is 1.11. The Kier molecular flexibility index (Phi) is 1.69. The maximum atomic E-state index is 4.93. The summed E-state index contributed by atoms with van der Waals surface area (Å²) in [7, 11) is 0. The third kappa shape index (κ3) is 1.15. The topological polar surface area (TPSA) is 41.6 Å². The highest BCUT2D eigenvalue weighted by molar-refractivity contribution is 7.71. The van der Waals surface area contributed by atoms with Crippen LogP contribution < -0.4 is 0 Å². The van der Waals surface area contributed by atoms with Gasteiger partial charge < -0.3 is 4.98 Å². The van der Waals surface area contributed by atoms with Crippen molar-refractivity contribution in [1.29, 1.82) is 0 Å². The maximum absolute atomic E-state index is 4.93. The van der Waals surface area contributed by atoms with E-state index < -0.39 is 0 Å². The van der Waals surface area contributed by atoms with Gasteiger partial charge in [-0.3, -0.25) is 0 Å². The Morgan fingerprint density at radius 2 is 2.08 bits per heavy atom. The lowest BCUT2D eigenvalue weighted by Crippen LogP contribution is -1.86. The number of hydrogen-bond donors (Lipinski definition) is 1. The summed E-state index contributed by atoms with van der Waals surface area (Å²) in [5.41, 5.74) is 1.81. The van der Waals surface area contributed by atoms with Crippen molar-refractivity contribution in [2.24, 2.45) is 0 Å². The largest absolute Gasteiger partial charge is 0.333 e. The van der Waals surface area contributed by atoms with E-state index in [1.54, 1.807) is 11.3 Å². The second-order valence-electron chi connectivity index (χ2n) is 2.55. The van der Waals surface area contributed by atoms with Gasteiger partial charge in [0, 0.05) is 5.69 Å². The number of nitrogens with one attached hydrogen (secondary N) is 1.